The van der Waals surface area contributed by atoms with Crippen LogP contribution in [0.3, 0.4) is 0 Å². The molecule has 5 rings (SSSR count). The van der Waals surface area contributed by atoms with Crippen molar-refractivity contribution in [3.05, 3.63) is 87.7 Å². The van der Waals surface area contributed by atoms with Gasteiger partial charge in [0.25, 0.3) is 0 Å². The van der Waals surface area contributed by atoms with Crippen LogP contribution in [0.25, 0.3) is 22.0 Å². The molecule has 0 aliphatic carbocycles. The van der Waals surface area contributed by atoms with E-state index in [0.29, 0.717) is 24.3 Å². The summed E-state index contributed by atoms with van der Waals surface area (Å²) < 4.78 is 50.9. The van der Waals surface area contributed by atoms with E-state index >= 15 is 0 Å². The number of pyridine rings is 3. The maximum absolute atomic E-state index is 14.6. The second-order valence-electron chi connectivity index (χ2n) is 10.3. The van der Waals surface area contributed by atoms with Crippen molar-refractivity contribution in [3.63, 3.8) is 0 Å². The molecule has 198 valence electrons. The second-order valence-corrected chi connectivity index (χ2v) is 10.7. The van der Waals surface area contributed by atoms with Crippen LogP contribution in [0.1, 0.15) is 31.4 Å². The summed E-state index contributed by atoms with van der Waals surface area (Å²) in [6.07, 6.45) is 2.05. The fraction of sp³-hybridized carbons (Fsp3) is 0.321. The molecule has 1 unspecified atom stereocenters. The lowest BCUT2D eigenvalue weighted by atomic mass is 9.73. The predicted octanol–water partition coefficient (Wildman–Crippen LogP) is 5.71. The highest BCUT2D eigenvalue weighted by Crippen LogP contribution is 2.47. The van der Waals surface area contributed by atoms with Crippen molar-refractivity contribution in [3.8, 4) is 16.9 Å². The second kappa shape index (κ2) is 9.39. The molecule has 1 atom stereocenters. The Morgan fingerprint density at radius 1 is 1.11 bits per heavy atom. The van der Waals surface area contributed by atoms with Crippen LogP contribution in [0.2, 0.25) is 5.02 Å². The molecule has 4 heterocycles. The Bertz CT molecular complexity index is 1570. The number of rotatable bonds is 6. The Morgan fingerprint density at radius 3 is 2.58 bits per heavy atom. The van der Waals surface area contributed by atoms with Gasteiger partial charge in [-0.05, 0) is 47.2 Å². The molecule has 0 amide bonds. The summed E-state index contributed by atoms with van der Waals surface area (Å²) in [6, 6.07) is 8.88. The first-order valence-electron chi connectivity index (χ1n) is 12.0. The summed E-state index contributed by atoms with van der Waals surface area (Å²) in [5.74, 6) is 0.551. The lowest BCUT2D eigenvalue weighted by Gasteiger charge is -2.39. The number of nitrogens with zero attached hydrogens (tertiary/aromatic N) is 3. The van der Waals surface area contributed by atoms with Gasteiger partial charge in [-0.15, -0.1) is 0 Å². The number of hydrogen-bond acceptors (Lipinski definition) is 5. The van der Waals surface area contributed by atoms with Crippen molar-refractivity contribution in [2.75, 3.05) is 6.61 Å². The molecule has 0 saturated heterocycles. The van der Waals surface area contributed by atoms with E-state index in [1.807, 2.05) is 18.2 Å². The molecule has 0 fully saturated rings. The predicted molar refractivity (Wildman–Crippen MR) is 139 cm³/mol. The molecule has 4 aromatic rings. The van der Waals surface area contributed by atoms with Crippen molar-refractivity contribution in [1.82, 2.24) is 14.5 Å². The number of aliphatic hydroxyl groups is 1. The molecule has 0 bridgehead atoms. The van der Waals surface area contributed by atoms with Crippen LogP contribution < -0.4 is 10.2 Å². The lowest BCUT2D eigenvalue weighted by Crippen LogP contribution is -2.52. The van der Waals surface area contributed by atoms with E-state index in [1.54, 1.807) is 32.3 Å². The van der Waals surface area contributed by atoms with Crippen LogP contribution in [0, 0.1) is 0 Å². The summed E-state index contributed by atoms with van der Waals surface area (Å²) in [7, 11) is 0. The number of aromatic nitrogens is 3. The molecule has 1 aliphatic rings. The molecule has 1 aliphatic heterocycles. The standard InChI is InChI=1S/C28H25ClF3N3O3/c1-26(2,21-11-19(18-4-3-7-33-12-18)10-17-6-9-38-25(17)21)15-27(37,28(30,31)32)16-35-14-22(29)24(36)20-13-34-8-5-23(20)35/h3-5,7-8,10-14,37H,6,9,15-16H2,1-2H3. The van der Waals surface area contributed by atoms with E-state index in [-0.39, 0.29) is 15.9 Å². The molecule has 0 saturated carbocycles. The van der Waals surface area contributed by atoms with Crippen molar-refractivity contribution in [2.24, 2.45) is 0 Å². The van der Waals surface area contributed by atoms with Gasteiger partial charge in [-0.1, -0.05) is 31.5 Å². The average Bonchev–Trinajstić information content (AvgIpc) is 3.35. The molecule has 38 heavy (non-hydrogen) atoms. The molecular formula is C28H25ClF3N3O3. The number of hydrogen-bond donors (Lipinski definition) is 1. The van der Waals surface area contributed by atoms with Crippen LogP contribution in [0.4, 0.5) is 13.2 Å². The van der Waals surface area contributed by atoms with E-state index in [9.17, 15) is 23.1 Å². The fourth-order valence-corrected chi connectivity index (χ4v) is 5.42. The zero-order valence-electron chi connectivity index (χ0n) is 20.7. The maximum atomic E-state index is 14.6. The van der Waals surface area contributed by atoms with Gasteiger partial charge < -0.3 is 14.4 Å². The van der Waals surface area contributed by atoms with Gasteiger partial charge in [0, 0.05) is 48.5 Å². The van der Waals surface area contributed by atoms with Crippen molar-refractivity contribution < 1.29 is 23.0 Å². The van der Waals surface area contributed by atoms with Crippen LogP contribution >= 0.6 is 11.6 Å². The first kappa shape index (κ1) is 26.2. The van der Waals surface area contributed by atoms with Gasteiger partial charge in [-0.2, -0.15) is 13.2 Å². The van der Waals surface area contributed by atoms with Crippen LogP contribution in [0.5, 0.6) is 5.75 Å². The Morgan fingerprint density at radius 2 is 1.87 bits per heavy atom. The van der Waals surface area contributed by atoms with Gasteiger partial charge in [-0.3, -0.25) is 14.8 Å². The third kappa shape index (κ3) is 4.65. The highest BCUT2D eigenvalue weighted by molar-refractivity contribution is 6.31. The quantitative estimate of drug-likeness (QED) is 0.337. The smallest absolute Gasteiger partial charge is 0.418 e. The fourth-order valence-electron chi connectivity index (χ4n) is 5.20. The molecule has 1 aromatic carbocycles. The number of alkyl halides is 3. The zero-order valence-corrected chi connectivity index (χ0v) is 21.5. The van der Waals surface area contributed by atoms with Gasteiger partial charge >= 0.3 is 6.18 Å². The summed E-state index contributed by atoms with van der Waals surface area (Å²) in [4.78, 5) is 20.5. The van der Waals surface area contributed by atoms with E-state index in [0.717, 1.165) is 27.5 Å². The molecular weight excluding hydrogens is 519 g/mol. The Kier molecular flexibility index (Phi) is 6.47. The third-order valence-corrected chi connectivity index (χ3v) is 7.31. The lowest BCUT2D eigenvalue weighted by molar-refractivity contribution is -0.271. The van der Waals surface area contributed by atoms with Crippen molar-refractivity contribution in [2.45, 2.75) is 50.4 Å². The average molecular weight is 544 g/mol. The molecule has 6 nitrogen and oxygen atoms in total. The molecule has 1 N–H and O–H groups in total. The summed E-state index contributed by atoms with van der Waals surface area (Å²) >= 11 is 6.06. The number of ether oxygens (including phenoxy) is 1. The molecule has 0 radical (unpaired) electrons. The molecule has 0 spiro atoms. The number of benzene rings is 1. The minimum absolute atomic E-state index is 0.0687. The van der Waals surface area contributed by atoms with Gasteiger partial charge in [0.05, 0.1) is 24.1 Å². The Hall–Kier alpha value is -3.43. The van der Waals surface area contributed by atoms with E-state index < -0.39 is 35.6 Å². The zero-order chi connectivity index (χ0) is 27.3. The van der Waals surface area contributed by atoms with Gasteiger partial charge in [-0.25, -0.2) is 0 Å². The van der Waals surface area contributed by atoms with Gasteiger partial charge in [0.2, 0.25) is 5.43 Å². The maximum Gasteiger partial charge on any atom is 0.418 e. The topological polar surface area (TPSA) is 77.2 Å². The highest BCUT2D eigenvalue weighted by atomic mass is 35.5. The minimum atomic E-state index is -5.00. The van der Waals surface area contributed by atoms with E-state index in [2.05, 4.69) is 9.97 Å². The first-order valence-corrected chi connectivity index (χ1v) is 12.4. The number of fused-ring (bicyclic) bond motifs is 2. The van der Waals surface area contributed by atoms with Crippen LogP contribution in [-0.4, -0.2) is 38.0 Å². The van der Waals surface area contributed by atoms with Gasteiger partial charge in [0.15, 0.2) is 5.60 Å². The summed E-state index contributed by atoms with van der Waals surface area (Å²) in [5, 5.41) is 11.1. The van der Waals surface area contributed by atoms with Crippen molar-refractivity contribution in [1.29, 1.82) is 0 Å². The Balaban J connectivity index is 1.60. The van der Waals surface area contributed by atoms with Crippen molar-refractivity contribution >= 4 is 22.5 Å². The van der Waals surface area contributed by atoms with E-state index in [1.165, 1.54) is 18.5 Å². The largest absolute Gasteiger partial charge is 0.493 e. The van der Waals surface area contributed by atoms with Gasteiger partial charge in [0.1, 0.15) is 10.8 Å². The molecule has 10 heteroatoms. The third-order valence-electron chi connectivity index (χ3n) is 7.04. The normalized spacial score (nSPS) is 15.2. The summed E-state index contributed by atoms with van der Waals surface area (Å²) in [5.41, 5.74) is -1.57. The van der Waals surface area contributed by atoms with Crippen LogP contribution in [-0.2, 0) is 18.4 Å². The SMILES string of the molecule is CC(C)(CC(O)(Cn1cc(Cl)c(=O)c2cnccc21)C(F)(F)F)c1cc(-c2cccnc2)cc2c1OCC2. The monoisotopic (exact) mass is 543 g/mol. The van der Waals surface area contributed by atoms with Crippen LogP contribution in [0.15, 0.2) is 66.1 Å². The summed E-state index contributed by atoms with van der Waals surface area (Å²) in [6.45, 7) is 2.88. The Labute approximate surface area is 221 Å². The van der Waals surface area contributed by atoms with E-state index in [4.69, 9.17) is 16.3 Å². The first-order chi connectivity index (χ1) is 17.9. The minimum Gasteiger partial charge on any atom is -0.493 e. The number of halogens is 4. The molecule has 3 aromatic heterocycles. The highest BCUT2D eigenvalue weighted by Gasteiger charge is 2.56.